The molecular weight excluding hydrogens is 427 g/mol. The molecule has 4 rings (SSSR count). The second-order valence-electron chi connectivity index (χ2n) is 6.77. The molecule has 154 valence electrons. The third-order valence-electron chi connectivity index (χ3n) is 4.45. The number of nitrogens with one attached hydrogen (secondary N) is 2. The summed E-state index contributed by atoms with van der Waals surface area (Å²) in [5.74, 6) is -0.372. The number of benzene rings is 2. The molecule has 2 aromatic rings. The van der Waals surface area contributed by atoms with E-state index in [1.807, 2.05) is 12.1 Å². The first kappa shape index (κ1) is 20.5. The Kier molecular flexibility index (Phi) is 6.12. The molecule has 2 saturated heterocycles. The van der Waals surface area contributed by atoms with Gasteiger partial charge in [0.25, 0.3) is 5.91 Å². The fourth-order valence-electron chi connectivity index (χ4n) is 3.08. The van der Waals surface area contributed by atoms with Gasteiger partial charge in [-0.25, -0.2) is 4.39 Å². The average Bonchev–Trinajstić information content (AvgIpc) is 3.02. The number of carbonyl (C=O) groups excluding carboxylic acids is 2. The highest BCUT2D eigenvalue weighted by Gasteiger charge is 2.22. The summed E-state index contributed by atoms with van der Waals surface area (Å²) < 4.78 is 25.7. The summed E-state index contributed by atoms with van der Waals surface area (Å²) in [5, 5.41) is 5.40. The highest BCUT2D eigenvalue weighted by molar-refractivity contribution is 8.26. The van der Waals surface area contributed by atoms with Gasteiger partial charge in [-0.3, -0.25) is 9.59 Å². The maximum Gasteiger partial charge on any atom is 0.263 e. The molecule has 2 amide bonds. The number of thiocarbonyl (C=S) groups is 1. The molecule has 2 fully saturated rings. The van der Waals surface area contributed by atoms with E-state index in [4.69, 9.17) is 21.7 Å². The molecule has 0 saturated carbocycles. The third kappa shape index (κ3) is 5.05. The van der Waals surface area contributed by atoms with E-state index in [-0.39, 0.29) is 30.2 Å². The smallest absolute Gasteiger partial charge is 0.263 e. The Morgan fingerprint density at radius 1 is 1.23 bits per heavy atom. The van der Waals surface area contributed by atoms with Gasteiger partial charge in [-0.2, -0.15) is 0 Å². The van der Waals surface area contributed by atoms with Crippen LogP contribution in [0, 0.1) is 5.82 Å². The first-order valence-electron chi connectivity index (χ1n) is 9.14. The van der Waals surface area contributed by atoms with Crippen LogP contribution in [0.25, 0.3) is 6.08 Å². The van der Waals surface area contributed by atoms with Crippen LogP contribution in [0.5, 0.6) is 11.5 Å². The first-order valence-corrected chi connectivity index (χ1v) is 10.4. The number of halogens is 1. The fourth-order valence-corrected chi connectivity index (χ4v) is 4.13. The van der Waals surface area contributed by atoms with Gasteiger partial charge < -0.3 is 20.1 Å². The van der Waals surface area contributed by atoms with E-state index in [1.165, 1.54) is 12.1 Å². The molecule has 2 heterocycles. The van der Waals surface area contributed by atoms with Crippen molar-refractivity contribution in [3.8, 4) is 11.5 Å². The number of rotatable bonds is 5. The molecule has 9 heteroatoms. The minimum atomic E-state index is -0.540. The van der Waals surface area contributed by atoms with Crippen molar-refractivity contribution in [2.24, 2.45) is 0 Å². The Morgan fingerprint density at radius 3 is 2.70 bits per heavy atom. The standard InChI is InChI=1S/C21H17FN2O4S2/c22-16-8-13(9-18-20(26)24-21(29)30-18)3-6-17(16)28-15-4-1-12(2-5-15)7-14-10-27-11-19(25)23-14/h1-6,8-9,14H,7,10-11H2,(H,23,25)(H,24,26,29)/b18-9-. The highest BCUT2D eigenvalue weighted by atomic mass is 32.2. The van der Waals surface area contributed by atoms with Crippen LogP contribution in [0.1, 0.15) is 11.1 Å². The molecular formula is C21H17FN2O4S2. The van der Waals surface area contributed by atoms with Crippen LogP contribution in [-0.4, -0.2) is 35.4 Å². The zero-order valence-electron chi connectivity index (χ0n) is 15.6. The number of hydrogen-bond donors (Lipinski definition) is 2. The fraction of sp³-hybridized carbons (Fsp3) is 0.190. The Bertz CT molecular complexity index is 1040. The summed E-state index contributed by atoms with van der Waals surface area (Å²) in [4.78, 5) is 23.5. The monoisotopic (exact) mass is 444 g/mol. The molecule has 1 atom stereocenters. The molecule has 2 N–H and O–H groups in total. The Balaban J connectivity index is 1.40. The van der Waals surface area contributed by atoms with Gasteiger partial charge in [0.15, 0.2) is 11.6 Å². The molecule has 0 bridgehead atoms. The van der Waals surface area contributed by atoms with Crippen LogP contribution < -0.4 is 15.4 Å². The predicted octanol–water partition coefficient (Wildman–Crippen LogP) is 3.16. The first-order chi connectivity index (χ1) is 14.5. The maximum absolute atomic E-state index is 14.5. The SMILES string of the molecule is O=C1COCC(Cc2ccc(Oc3ccc(/C=C4\SC(=S)NC4=O)cc3F)cc2)N1. The number of thioether (sulfide) groups is 1. The van der Waals surface area contributed by atoms with Gasteiger partial charge in [-0.05, 0) is 47.9 Å². The van der Waals surface area contributed by atoms with Gasteiger partial charge in [0.2, 0.25) is 5.91 Å². The van der Waals surface area contributed by atoms with Crippen molar-refractivity contribution in [1.29, 1.82) is 0 Å². The lowest BCUT2D eigenvalue weighted by molar-refractivity contribution is -0.131. The molecule has 0 aliphatic carbocycles. The predicted molar refractivity (Wildman–Crippen MR) is 116 cm³/mol. The molecule has 2 aromatic carbocycles. The van der Waals surface area contributed by atoms with Gasteiger partial charge in [0.1, 0.15) is 16.7 Å². The number of amides is 2. The lowest BCUT2D eigenvalue weighted by atomic mass is 10.1. The van der Waals surface area contributed by atoms with Crippen molar-refractivity contribution in [1.82, 2.24) is 10.6 Å². The molecule has 2 aliphatic rings. The Hall–Kier alpha value is -2.75. The average molecular weight is 445 g/mol. The van der Waals surface area contributed by atoms with Crippen molar-refractivity contribution in [2.75, 3.05) is 13.2 Å². The second-order valence-corrected chi connectivity index (χ2v) is 8.49. The van der Waals surface area contributed by atoms with E-state index in [0.29, 0.717) is 33.6 Å². The topological polar surface area (TPSA) is 76.7 Å². The van der Waals surface area contributed by atoms with Crippen LogP contribution in [0.4, 0.5) is 4.39 Å². The van der Waals surface area contributed by atoms with Crippen molar-refractivity contribution < 1.29 is 23.5 Å². The lowest BCUT2D eigenvalue weighted by Crippen LogP contribution is -2.46. The van der Waals surface area contributed by atoms with Crippen molar-refractivity contribution in [3.05, 3.63) is 64.3 Å². The largest absolute Gasteiger partial charge is 0.454 e. The zero-order valence-corrected chi connectivity index (χ0v) is 17.3. The van der Waals surface area contributed by atoms with E-state index in [1.54, 1.807) is 24.3 Å². The van der Waals surface area contributed by atoms with E-state index < -0.39 is 5.82 Å². The second kappa shape index (κ2) is 8.95. The summed E-state index contributed by atoms with van der Waals surface area (Å²) >= 11 is 6.08. The third-order valence-corrected chi connectivity index (χ3v) is 5.61. The minimum Gasteiger partial charge on any atom is -0.454 e. The Labute approximate surface area is 181 Å². The lowest BCUT2D eigenvalue weighted by Gasteiger charge is -2.23. The summed E-state index contributed by atoms with van der Waals surface area (Å²) in [6, 6.07) is 11.6. The normalized spacial score (nSPS) is 20.2. The Morgan fingerprint density at radius 2 is 2.03 bits per heavy atom. The van der Waals surface area contributed by atoms with Crippen molar-refractivity contribution in [2.45, 2.75) is 12.5 Å². The molecule has 0 radical (unpaired) electrons. The molecule has 1 unspecified atom stereocenters. The quantitative estimate of drug-likeness (QED) is 0.545. The molecule has 30 heavy (non-hydrogen) atoms. The molecule has 0 spiro atoms. The summed E-state index contributed by atoms with van der Waals surface area (Å²) in [6.45, 7) is 0.577. The summed E-state index contributed by atoms with van der Waals surface area (Å²) in [6.07, 6.45) is 2.22. The van der Waals surface area contributed by atoms with E-state index in [0.717, 1.165) is 17.3 Å². The van der Waals surface area contributed by atoms with E-state index in [9.17, 15) is 14.0 Å². The number of carbonyl (C=O) groups is 2. The van der Waals surface area contributed by atoms with Crippen LogP contribution in [0.15, 0.2) is 47.4 Å². The van der Waals surface area contributed by atoms with Crippen LogP contribution in [0.3, 0.4) is 0 Å². The highest BCUT2D eigenvalue weighted by Crippen LogP contribution is 2.29. The van der Waals surface area contributed by atoms with Crippen molar-refractivity contribution in [3.63, 3.8) is 0 Å². The maximum atomic E-state index is 14.5. The molecule has 6 nitrogen and oxygen atoms in total. The number of hydrogen-bond acceptors (Lipinski definition) is 6. The van der Waals surface area contributed by atoms with Crippen LogP contribution >= 0.6 is 24.0 Å². The van der Waals surface area contributed by atoms with Crippen LogP contribution in [0.2, 0.25) is 0 Å². The number of ether oxygens (including phenoxy) is 2. The van der Waals surface area contributed by atoms with Gasteiger partial charge in [-0.1, -0.05) is 42.2 Å². The minimum absolute atomic E-state index is 0.0633. The van der Waals surface area contributed by atoms with Crippen molar-refractivity contribution >= 4 is 46.2 Å². The number of morpholine rings is 1. The van der Waals surface area contributed by atoms with Gasteiger partial charge in [-0.15, -0.1) is 0 Å². The van der Waals surface area contributed by atoms with Gasteiger partial charge in [0, 0.05) is 0 Å². The van der Waals surface area contributed by atoms with Crippen LogP contribution in [-0.2, 0) is 20.7 Å². The summed E-state index contributed by atoms with van der Waals surface area (Å²) in [7, 11) is 0. The zero-order chi connectivity index (χ0) is 21.1. The molecule has 2 aliphatic heterocycles. The van der Waals surface area contributed by atoms with Gasteiger partial charge >= 0.3 is 0 Å². The van der Waals surface area contributed by atoms with E-state index >= 15 is 0 Å². The molecule has 0 aromatic heterocycles. The van der Waals surface area contributed by atoms with Gasteiger partial charge in [0.05, 0.1) is 17.6 Å². The van der Waals surface area contributed by atoms with E-state index in [2.05, 4.69) is 10.6 Å². The summed E-state index contributed by atoms with van der Waals surface area (Å²) in [5.41, 5.74) is 1.54.